The molecule has 0 amide bonds. The fourth-order valence-electron chi connectivity index (χ4n) is 2.50. The van der Waals surface area contributed by atoms with Crippen LogP contribution in [-0.2, 0) is 0 Å². The summed E-state index contributed by atoms with van der Waals surface area (Å²) in [5, 5.41) is 22.3. The van der Waals surface area contributed by atoms with Crippen molar-refractivity contribution in [3.63, 3.8) is 0 Å². The van der Waals surface area contributed by atoms with Gasteiger partial charge in [0.25, 0.3) is 0 Å². The molecule has 8 heteroatoms. The number of rotatable bonds is 3. The summed E-state index contributed by atoms with van der Waals surface area (Å²) in [5.74, 6) is 0.967. The Labute approximate surface area is 153 Å². The molecule has 4 aromatic rings. The van der Waals surface area contributed by atoms with Crippen LogP contribution in [0.1, 0.15) is 5.56 Å². The van der Waals surface area contributed by atoms with Crippen LogP contribution in [0.15, 0.2) is 61.1 Å². The summed E-state index contributed by atoms with van der Waals surface area (Å²) in [6.07, 6.45) is 4.86. The molecule has 0 aliphatic heterocycles. The molecule has 0 fully saturated rings. The van der Waals surface area contributed by atoms with Crippen LogP contribution in [0.2, 0.25) is 5.02 Å². The van der Waals surface area contributed by atoms with E-state index in [1.54, 1.807) is 42.9 Å². The van der Waals surface area contributed by atoms with Crippen molar-refractivity contribution in [3.05, 3.63) is 71.6 Å². The van der Waals surface area contributed by atoms with E-state index in [0.29, 0.717) is 33.4 Å². The third-order valence-corrected chi connectivity index (χ3v) is 3.89. The lowest BCUT2D eigenvalue weighted by Crippen LogP contribution is -2.00. The molecule has 0 bridgehead atoms. The van der Waals surface area contributed by atoms with Crippen molar-refractivity contribution in [1.29, 1.82) is 5.26 Å². The molecule has 7 nitrogen and oxygen atoms in total. The SMILES string of the molecule is N#Cc1ccncc1-c1cc(Cl)cc(-c2nnn(-c3ccccn3)n2)c1. The fourth-order valence-corrected chi connectivity index (χ4v) is 2.73. The molecular weight excluding hydrogens is 350 g/mol. The lowest BCUT2D eigenvalue weighted by molar-refractivity contribution is 0.701. The maximum Gasteiger partial charge on any atom is 0.205 e. The Bertz CT molecular complexity index is 1120. The molecule has 0 unspecified atom stereocenters. The van der Waals surface area contributed by atoms with Crippen molar-refractivity contribution in [2.45, 2.75) is 0 Å². The second kappa shape index (κ2) is 6.70. The molecule has 3 heterocycles. The zero-order valence-corrected chi connectivity index (χ0v) is 14.0. The Morgan fingerprint density at radius 2 is 1.92 bits per heavy atom. The highest BCUT2D eigenvalue weighted by Gasteiger charge is 2.12. The first-order valence-electron chi connectivity index (χ1n) is 7.61. The van der Waals surface area contributed by atoms with E-state index in [4.69, 9.17) is 11.6 Å². The molecule has 0 atom stereocenters. The highest BCUT2D eigenvalue weighted by Crippen LogP contribution is 2.30. The van der Waals surface area contributed by atoms with Gasteiger partial charge in [-0.2, -0.15) is 5.26 Å². The summed E-state index contributed by atoms with van der Waals surface area (Å²) in [4.78, 5) is 9.63. The molecule has 0 aliphatic carbocycles. The first-order chi connectivity index (χ1) is 12.7. The monoisotopic (exact) mass is 359 g/mol. The lowest BCUT2D eigenvalue weighted by atomic mass is 10.0. The zero-order valence-electron chi connectivity index (χ0n) is 13.3. The molecule has 124 valence electrons. The quantitative estimate of drug-likeness (QED) is 0.557. The van der Waals surface area contributed by atoms with Crippen LogP contribution in [0.4, 0.5) is 0 Å². The van der Waals surface area contributed by atoms with Crippen LogP contribution in [0.25, 0.3) is 28.3 Å². The number of aromatic nitrogens is 6. The molecule has 0 N–H and O–H groups in total. The van der Waals surface area contributed by atoms with Crippen molar-refractivity contribution in [3.8, 4) is 34.4 Å². The van der Waals surface area contributed by atoms with Crippen molar-refractivity contribution in [1.82, 2.24) is 30.2 Å². The van der Waals surface area contributed by atoms with Gasteiger partial charge in [-0.15, -0.1) is 15.0 Å². The van der Waals surface area contributed by atoms with E-state index in [0.717, 1.165) is 5.56 Å². The smallest absolute Gasteiger partial charge is 0.205 e. The number of hydrogen-bond acceptors (Lipinski definition) is 6. The van der Waals surface area contributed by atoms with E-state index in [2.05, 4.69) is 31.4 Å². The third-order valence-electron chi connectivity index (χ3n) is 3.68. The van der Waals surface area contributed by atoms with E-state index < -0.39 is 0 Å². The number of halogens is 1. The Morgan fingerprint density at radius 1 is 1.04 bits per heavy atom. The summed E-state index contributed by atoms with van der Waals surface area (Å²) >= 11 is 6.27. The maximum atomic E-state index is 9.31. The normalized spacial score (nSPS) is 10.5. The summed E-state index contributed by atoms with van der Waals surface area (Å²) in [6.45, 7) is 0. The summed E-state index contributed by atoms with van der Waals surface area (Å²) in [6, 6.07) is 14.6. The largest absolute Gasteiger partial charge is 0.264 e. The Hall–Kier alpha value is -3.63. The van der Waals surface area contributed by atoms with Crippen LogP contribution in [0.3, 0.4) is 0 Å². The minimum absolute atomic E-state index is 0.404. The first kappa shape index (κ1) is 15.9. The third kappa shape index (κ3) is 3.01. The van der Waals surface area contributed by atoms with Crippen LogP contribution < -0.4 is 0 Å². The molecule has 0 radical (unpaired) electrons. The highest BCUT2D eigenvalue weighted by atomic mass is 35.5. The van der Waals surface area contributed by atoms with Crippen LogP contribution in [0, 0.1) is 11.3 Å². The van der Waals surface area contributed by atoms with E-state index in [1.165, 1.54) is 4.80 Å². The first-order valence-corrected chi connectivity index (χ1v) is 7.99. The van der Waals surface area contributed by atoms with Gasteiger partial charge in [0.15, 0.2) is 5.82 Å². The number of nitrogens with zero attached hydrogens (tertiary/aromatic N) is 7. The lowest BCUT2D eigenvalue weighted by Gasteiger charge is -2.06. The van der Waals surface area contributed by atoms with Gasteiger partial charge in [-0.3, -0.25) is 4.98 Å². The van der Waals surface area contributed by atoms with Crippen LogP contribution in [-0.4, -0.2) is 30.2 Å². The van der Waals surface area contributed by atoms with E-state index in [1.807, 2.05) is 18.2 Å². The summed E-state index contributed by atoms with van der Waals surface area (Å²) in [7, 11) is 0. The predicted molar refractivity (Wildman–Crippen MR) is 95.3 cm³/mol. The number of pyridine rings is 2. The Kier molecular flexibility index (Phi) is 4.09. The van der Waals surface area contributed by atoms with Gasteiger partial charge in [0.2, 0.25) is 5.82 Å². The van der Waals surface area contributed by atoms with Gasteiger partial charge < -0.3 is 0 Å². The van der Waals surface area contributed by atoms with Crippen LogP contribution in [0.5, 0.6) is 0 Å². The van der Waals surface area contributed by atoms with Crippen molar-refractivity contribution in [2.24, 2.45) is 0 Å². The Morgan fingerprint density at radius 3 is 2.73 bits per heavy atom. The fraction of sp³-hybridized carbons (Fsp3) is 0. The molecule has 1 aromatic carbocycles. The molecule has 26 heavy (non-hydrogen) atoms. The molecule has 0 aliphatic rings. The van der Waals surface area contributed by atoms with Gasteiger partial charge in [-0.1, -0.05) is 17.7 Å². The average Bonchev–Trinajstić information content (AvgIpc) is 3.18. The average molecular weight is 360 g/mol. The van der Waals surface area contributed by atoms with Crippen LogP contribution >= 0.6 is 11.6 Å². The van der Waals surface area contributed by atoms with Gasteiger partial charge in [-0.25, -0.2) is 4.98 Å². The number of nitriles is 1. The number of benzene rings is 1. The second-order valence-electron chi connectivity index (χ2n) is 5.35. The highest BCUT2D eigenvalue weighted by molar-refractivity contribution is 6.31. The van der Waals surface area contributed by atoms with Crippen molar-refractivity contribution in [2.75, 3.05) is 0 Å². The minimum atomic E-state index is 0.404. The standard InChI is InChI=1S/C18H10ClN7/c19-15-8-13(16-11-21-6-4-12(16)10-20)7-14(9-15)18-23-25-26(24-18)17-3-1-2-5-22-17/h1-9,11H. The van der Waals surface area contributed by atoms with Crippen molar-refractivity contribution < 1.29 is 0 Å². The summed E-state index contributed by atoms with van der Waals surface area (Å²) < 4.78 is 0. The minimum Gasteiger partial charge on any atom is -0.264 e. The van der Waals surface area contributed by atoms with E-state index >= 15 is 0 Å². The van der Waals surface area contributed by atoms with Gasteiger partial charge in [0, 0.05) is 34.7 Å². The second-order valence-corrected chi connectivity index (χ2v) is 5.79. The van der Waals surface area contributed by atoms with Gasteiger partial charge in [0.1, 0.15) is 0 Å². The number of tetrazole rings is 1. The Balaban J connectivity index is 1.78. The molecule has 0 spiro atoms. The zero-order chi connectivity index (χ0) is 17.9. The molecule has 0 saturated carbocycles. The molecule has 4 rings (SSSR count). The van der Waals surface area contributed by atoms with Gasteiger partial charge in [-0.05, 0) is 47.2 Å². The summed E-state index contributed by atoms with van der Waals surface area (Å²) in [5.41, 5.74) is 2.64. The van der Waals surface area contributed by atoms with Gasteiger partial charge >= 0.3 is 0 Å². The number of hydrogen-bond donors (Lipinski definition) is 0. The molecule has 3 aromatic heterocycles. The van der Waals surface area contributed by atoms with Gasteiger partial charge in [0.05, 0.1) is 11.6 Å². The molecule has 0 saturated heterocycles. The van der Waals surface area contributed by atoms with E-state index in [-0.39, 0.29) is 0 Å². The van der Waals surface area contributed by atoms with Crippen molar-refractivity contribution >= 4 is 11.6 Å². The predicted octanol–water partition coefficient (Wildman–Crippen LogP) is 3.31. The maximum absolute atomic E-state index is 9.31. The van der Waals surface area contributed by atoms with E-state index in [9.17, 15) is 5.26 Å². The topological polar surface area (TPSA) is 93.2 Å². The molecular formula is C18H10ClN7.